The van der Waals surface area contributed by atoms with Crippen LogP contribution in [0, 0.1) is 11.8 Å². The molecule has 5 aliphatic rings. The topological polar surface area (TPSA) is 109 Å². The Balaban J connectivity index is 1.42. The molecule has 1 spiro atoms. The smallest absolute Gasteiger partial charge is 0.312 e. The summed E-state index contributed by atoms with van der Waals surface area (Å²) in [5.41, 5.74) is -1.20. The maximum absolute atomic E-state index is 14.2. The summed E-state index contributed by atoms with van der Waals surface area (Å²) in [6.07, 6.45) is 11.7. The van der Waals surface area contributed by atoms with Crippen molar-refractivity contribution in [3.63, 3.8) is 0 Å². The van der Waals surface area contributed by atoms with Gasteiger partial charge in [-0.05, 0) is 25.7 Å². The Bertz CT molecular complexity index is 933. The number of fused-ring (bicyclic) bond motifs is 2. The molecule has 5 rings (SSSR count). The van der Waals surface area contributed by atoms with E-state index < -0.39 is 35.6 Å². The highest BCUT2D eigenvalue weighted by atomic mass is 16.6. The van der Waals surface area contributed by atoms with Gasteiger partial charge in [-0.1, -0.05) is 37.1 Å². The number of aliphatic hydroxyl groups is 1. The fourth-order valence-electron chi connectivity index (χ4n) is 6.58. The summed E-state index contributed by atoms with van der Waals surface area (Å²) < 4.78 is 17.7. The molecule has 5 atom stereocenters. The quantitative estimate of drug-likeness (QED) is 0.264. The Morgan fingerprint density at radius 3 is 2.58 bits per heavy atom. The molecule has 1 N–H and O–H groups in total. The van der Waals surface area contributed by atoms with Crippen LogP contribution >= 0.6 is 0 Å². The average molecular weight is 532 g/mol. The monoisotopic (exact) mass is 531 g/mol. The number of unbranched alkanes of at least 4 members (excludes halogenated alkanes) is 3. The first-order valence-electron chi connectivity index (χ1n) is 14.3. The van der Waals surface area contributed by atoms with E-state index in [2.05, 4.69) is 4.90 Å². The summed E-state index contributed by atoms with van der Waals surface area (Å²) in [4.78, 5) is 47.3. The molecule has 3 saturated heterocycles. The van der Waals surface area contributed by atoms with E-state index in [-0.39, 0.29) is 18.4 Å². The van der Waals surface area contributed by atoms with E-state index in [0.717, 1.165) is 45.3 Å². The summed E-state index contributed by atoms with van der Waals surface area (Å²) >= 11 is 0. The van der Waals surface area contributed by atoms with Gasteiger partial charge in [0.25, 0.3) is 0 Å². The SMILES string of the molecule is O=C1OCCC/C=C\[C@@H]2O[C@]34C=CCN(CCN5CCOCC5)C(=O)C3N(CCCCCCO)C(=O)[C@@H]4[C@H]12. The zero-order chi connectivity index (χ0) is 26.5. The number of likely N-dealkylation sites (tertiary alicyclic amines) is 1. The van der Waals surface area contributed by atoms with Crippen molar-refractivity contribution >= 4 is 17.8 Å². The number of carbonyl (C=O) groups excluding carboxylic acids is 3. The van der Waals surface area contributed by atoms with Gasteiger partial charge in [-0.3, -0.25) is 19.3 Å². The van der Waals surface area contributed by atoms with E-state index in [9.17, 15) is 14.4 Å². The second kappa shape index (κ2) is 12.3. The molecule has 38 heavy (non-hydrogen) atoms. The van der Waals surface area contributed by atoms with E-state index in [1.54, 1.807) is 4.90 Å². The Morgan fingerprint density at radius 1 is 0.947 bits per heavy atom. The number of aliphatic hydroxyl groups excluding tert-OH is 1. The van der Waals surface area contributed by atoms with Gasteiger partial charge in [0.1, 0.15) is 17.6 Å². The largest absolute Gasteiger partial charge is 0.465 e. The Kier molecular flexibility index (Phi) is 8.82. The number of cyclic esters (lactones) is 1. The van der Waals surface area contributed by atoms with E-state index in [1.165, 1.54) is 0 Å². The van der Waals surface area contributed by atoms with Gasteiger partial charge in [0, 0.05) is 45.9 Å². The lowest BCUT2D eigenvalue weighted by Crippen LogP contribution is -2.56. The summed E-state index contributed by atoms with van der Waals surface area (Å²) in [6, 6.07) is -0.821. The van der Waals surface area contributed by atoms with Gasteiger partial charge >= 0.3 is 5.97 Å². The molecule has 2 amide bonds. The predicted molar refractivity (Wildman–Crippen MR) is 138 cm³/mol. The van der Waals surface area contributed by atoms with Crippen LogP contribution in [0.4, 0.5) is 0 Å². The van der Waals surface area contributed by atoms with Crippen LogP contribution in [0.25, 0.3) is 0 Å². The molecule has 0 aromatic rings. The van der Waals surface area contributed by atoms with Crippen LogP contribution < -0.4 is 0 Å². The molecule has 5 heterocycles. The second-order valence-electron chi connectivity index (χ2n) is 10.9. The molecular formula is C28H41N3O7. The lowest BCUT2D eigenvalue weighted by Gasteiger charge is -2.36. The molecule has 0 saturated carbocycles. The summed E-state index contributed by atoms with van der Waals surface area (Å²) in [6.45, 7) is 5.66. The molecule has 0 radical (unpaired) electrons. The zero-order valence-corrected chi connectivity index (χ0v) is 22.2. The van der Waals surface area contributed by atoms with Crippen molar-refractivity contribution in [2.45, 2.75) is 56.3 Å². The fourth-order valence-corrected chi connectivity index (χ4v) is 6.58. The molecule has 0 aliphatic carbocycles. The number of hydrogen-bond donors (Lipinski definition) is 1. The fraction of sp³-hybridized carbons (Fsp3) is 0.750. The van der Waals surface area contributed by atoms with Crippen molar-refractivity contribution in [2.75, 3.05) is 65.7 Å². The van der Waals surface area contributed by atoms with Crippen LogP contribution in [-0.4, -0.2) is 121 Å². The number of allylic oxidation sites excluding steroid dienone is 1. The Labute approximate surface area is 224 Å². The van der Waals surface area contributed by atoms with Crippen LogP contribution in [0.3, 0.4) is 0 Å². The van der Waals surface area contributed by atoms with Crippen molar-refractivity contribution in [3.05, 3.63) is 24.3 Å². The number of morpholine rings is 1. The van der Waals surface area contributed by atoms with Gasteiger partial charge in [-0.2, -0.15) is 0 Å². The molecule has 10 heteroatoms. The molecule has 0 aromatic heterocycles. The highest BCUT2D eigenvalue weighted by molar-refractivity contribution is 5.99. The number of ether oxygens (including phenoxy) is 3. The van der Waals surface area contributed by atoms with Crippen LogP contribution in [0.2, 0.25) is 0 Å². The van der Waals surface area contributed by atoms with Crippen LogP contribution in [0.15, 0.2) is 24.3 Å². The maximum atomic E-state index is 14.2. The molecule has 5 aliphatic heterocycles. The molecule has 3 fully saturated rings. The van der Waals surface area contributed by atoms with Crippen LogP contribution in [0.5, 0.6) is 0 Å². The van der Waals surface area contributed by atoms with Gasteiger partial charge in [0.2, 0.25) is 11.8 Å². The van der Waals surface area contributed by atoms with Crippen molar-refractivity contribution in [2.24, 2.45) is 11.8 Å². The summed E-state index contributed by atoms with van der Waals surface area (Å²) in [5.74, 6) is -2.34. The third-order valence-electron chi connectivity index (χ3n) is 8.53. The Hall–Kier alpha value is -2.27. The number of carbonyl (C=O) groups is 3. The van der Waals surface area contributed by atoms with E-state index in [4.69, 9.17) is 19.3 Å². The van der Waals surface area contributed by atoms with Crippen LogP contribution in [0.1, 0.15) is 38.5 Å². The normalized spacial score (nSPS) is 34.6. The number of nitrogens with zero attached hydrogens (tertiary/aromatic N) is 3. The van der Waals surface area contributed by atoms with E-state index >= 15 is 0 Å². The minimum Gasteiger partial charge on any atom is -0.465 e. The first-order valence-corrected chi connectivity index (χ1v) is 14.3. The summed E-state index contributed by atoms with van der Waals surface area (Å²) in [5, 5.41) is 9.12. The first-order chi connectivity index (χ1) is 18.6. The number of esters is 1. The molecule has 0 bridgehead atoms. The standard InChI is InChI=1S/C28H41N3O7/c32-17-6-2-1-5-12-31-24-26(34)30(14-13-29-15-19-36-20-16-29)11-8-10-28(24)23(25(31)33)22-21(38-28)9-4-3-7-18-37-27(22)35/h4,8-10,21-24,32H,1-3,5-7,11-20H2/b9-4-/t21-,22+,23-,24?,28-/m0/s1. The van der Waals surface area contributed by atoms with Gasteiger partial charge in [0.05, 0.1) is 31.8 Å². The van der Waals surface area contributed by atoms with E-state index in [1.807, 2.05) is 29.2 Å². The lowest BCUT2D eigenvalue weighted by molar-refractivity contribution is -0.154. The molecule has 210 valence electrons. The average Bonchev–Trinajstić information content (AvgIpc) is 3.33. The highest BCUT2D eigenvalue weighted by Gasteiger charge is 2.71. The molecular weight excluding hydrogens is 490 g/mol. The van der Waals surface area contributed by atoms with Gasteiger partial charge in [-0.25, -0.2) is 0 Å². The highest BCUT2D eigenvalue weighted by Crippen LogP contribution is 2.53. The van der Waals surface area contributed by atoms with Crippen molar-refractivity contribution in [3.8, 4) is 0 Å². The zero-order valence-electron chi connectivity index (χ0n) is 22.2. The van der Waals surface area contributed by atoms with Gasteiger partial charge < -0.3 is 29.1 Å². The predicted octanol–water partition coefficient (Wildman–Crippen LogP) is 0.744. The second-order valence-corrected chi connectivity index (χ2v) is 10.9. The third-order valence-corrected chi connectivity index (χ3v) is 8.53. The molecule has 1 unspecified atom stereocenters. The van der Waals surface area contributed by atoms with Gasteiger partial charge in [0.15, 0.2) is 0 Å². The van der Waals surface area contributed by atoms with Crippen molar-refractivity contribution < 1.29 is 33.7 Å². The van der Waals surface area contributed by atoms with Crippen molar-refractivity contribution in [1.82, 2.24) is 14.7 Å². The Morgan fingerprint density at radius 2 is 1.76 bits per heavy atom. The third kappa shape index (κ3) is 5.28. The number of hydrogen-bond acceptors (Lipinski definition) is 8. The lowest BCUT2D eigenvalue weighted by atomic mass is 9.78. The van der Waals surface area contributed by atoms with Crippen LogP contribution in [-0.2, 0) is 28.6 Å². The maximum Gasteiger partial charge on any atom is 0.312 e. The van der Waals surface area contributed by atoms with Crippen molar-refractivity contribution in [1.29, 1.82) is 0 Å². The minimum absolute atomic E-state index is 0.127. The number of rotatable bonds is 9. The van der Waals surface area contributed by atoms with E-state index in [0.29, 0.717) is 52.3 Å². The summed E-state index contributed by atoms with van der Waals surface area (Å²) in [7, 11) is 0. The first kappa shape index (κ1) is 27.3. The minimum atomic E-state index is -1.20. The van der Waals surface area contributed by atoms with Gasteiger partial charge in [-0.15, -0.1) is 0 Å². The molecule has 10 nitrogen and oxygen atoms in total. The number of amides is 2. The molecule has 0 aromatic carbocycles.